The van der Waals surface area contributed by atoms with E-state index >= 15 is 0 Å². The molecule has 1 unspecified atom stereocenters. The van der Waals surface area contributed by atoms with Crippen molar-refractivity contribution < 1.29 is 13.9 Å². The number of aliphatic hydroxyl groups is 1. The van der Waals surface area contributed by atoms with Gasteiger partial charge >= 0.3 is 0 Å². The van der Waals surface area contributed by atoms with Gasteiger partial charge in [0.25, 0.3) is 5.92 Å². The van der Waals surface area contributed by atoms with Crippen molar-refractivity contribution in [3.8, 4) is 0 Å². The SMILES string of the molecule is C=C(/C=C\C(C)=C(/C)N(C(=C)Nc1cc(CCCCO)ccn1)C(CC)CCC)C(=C)N[C@H](CC)C(C)(F)F. The lowest BCUT2D eigenvalue weighted by molar-refractivity contribution is -0.0159. The van der Waals surface area contributed by atoms with E-state index in [1.54, 1.807) is 19.2 Å². The molecule has 0 saturated heterocycles. The predicted molar refractivity (Wildman–Crippen MR) is 161 cm³/mol. The summed E-state index contributed by atoms with van der Waals surface area (Å²) in [6, 6.07) is 3.26. The zero-order valence-electron chi connectivity index (χ0n) is 24.9. The third kappa shape index (κ3) is 11.4. The molecule has 3 N–H and O–H groups in total. The number of aliphatic hydroxyl groups excluding tert-OH is 1. The zero-order valence-corrected chi connectivity index (χ0v) is 24.9. The largest absolute Gasteiger partial charge is 0.396 e. The van der Waals surface area contributed by atoms with Gasteiger partial charge < -0.3 is 20.6 Å². The first-order valence-electron chi connectivity index (χ1n) is 14.1. The third-order valence-electron chi connectivity index (χ3n) is 6.94. The highest BCUT2D eigenvalue weighted by atomic mass is 19.3. The van der Waals surface area contributed by atoms with E-state index in [9.17, 15) is 8.78 Å². The zero-order chi connectivity index (χ0) is 29.6. The van der Waals surface area contributed by atoms with Crippen LogP contribution in [0.1, 0.15) is 85.6 Å². The third-order valence-corrected chi connectivity index (χ3v) is 6.94. The fourth-order valence-electron chi connectivity index (χ4n) is 4.42. The Morgan fingerprint density at radius 3 is 2.38 bits per heavy atom. The summed E-state index contributed by atoms with van der Waals surface area (Å²) >= 11 is 0. The quantitative estimate of drug-likeness (QED) is 0.121. The van der Waals surface area contributed by atoms with Crippen molar-refractivity contribution in [1.29, 1.82) is 0 Å². The van der Waals surface area contributed by atoms with Gasteiger partial charge in [-0.25, -0.2) is 13.8 Å². The van der Waals surface area contributed by atoms with Crippen LogP contribution in [0.5, 0.6) is 0 Å². The van der Waals surface area contributed by atoms with Crippen LogP contribution in [0.25, 0.3) is 0 Å². The standard InChI is InChI=1S/C32H50F2N4O/c1-10-15-29(11-2)38(27(8)37-31-22-28(19-20-35-31)16-13-14-21-39)26(7)24(5)18-17-23(4)25(6)36-30(12-3)32(9,33)34/h17-20,22,29-30,36,39H,4,6,8,10-16,21H2,1-3,5,7,9H3,(H,35,37)/b18-17-,26-24+/t29?,30-/m1/s1. The Hall–Kier alpha value is -2.93. The fourth-order valence-corrected chi connectivity index (χ4v) is 4.42. The van der Waals surface area contributed by atoms with Crippen LogP contribution in [-0.2, 0) is 6.42 Å². The van der Waals surface area contributed by atoms with Crippen molar-refractivity contribution in [2.75, 3.05) is 11.9 Å². The number of aromatic nitrogens is 1. The minimum atomic E-state index is -2.86. The molecule has 0 spiro atoms. The van der Waals surface area contributed by atoms with E-state index in [2.05, 4.69) is 61.0 Å². The first-order valence-corrected chi connectivity index (χ1v) is 14.1. The Labute approximate surface area is 235 Å². The first-order chi connectivity index (χ1) is 18.4. The summed E-state index contributed by atoms with van der Waals surface area (Å²) in [6.07, 6.45) is 11.4. The predicted octanol–water partition coefficient (Wildman–Crippen LogP) is 8.10. The van der Waals surface area contributed by atoms with Gasteiger partial charge in [-0.05, 0) is 81.2 Å². The van der Waals surface area contributed by atoms with Crippen LogP contribution in [-0.4, -0.2) is 39.6 Å². The summed E-state index contributed by atoms with van der Waals surface area (Å²) in [4.78, 5) is 6.72. The van der Waals surface area contributed by atoms with Gasteiger partial charge in [-0.3, -0.25) is 0 Å². The number of nitrogens with one attached hydrogen (secondary N) is 2. The maximum absolute atomic E-state index is 13.8. The average molecular weight is 545 g/mol. The van der Waals surface area contributed by atoms with Crippen LogP contribution in [0.2, 0.25) is 0 Å². The summed E-state index contributed by atoms with van der Waals surface area (Å²) in [5.74, 6) is -1.39. The molecule has 218 valence electrons. The van der Waals surface area contributed by atoms with Crippen LogP contribution in [0.15, 0.2) is 78.6 Å². The summed E-state index contributed by atoms with van der Waals surface area (Å²) in [5, 5.41) is 15.3. The lowest BCUT2D eigenvalue weighted by Gasteiger charge is -2.36. The van der Waals surface area contributed by atoms with Crippen molar-refractivity contribution in [1.82, 2.24) is 15.2 Å². The highest BCUT2D eigenvalue weighted by molar-refractivity contribution is 5.44. The lowest BCUT2D eigenvalue weighted by atomic mass is 10.0. The van der Waals surface area contributed by atoms with Gasteiger partial charge in [0.15, 0.2) is 0 Å². The van der Waals surface area contributed by atoms with E-state index in [1.165, 1.54) is 0 Å². The number of halogens is 2. The van der Waals surface area contributed by atoms with E-state index in [4.69, 9.17) is 5.11 Å². The molecule has 0 radical (unpaired) electrons. The summed E-state index contributed by atoms with van der Waals surface area (Å²) in [5.41, 5.74) is 4.12. The van der Waals surface area contributed by atoms with Gasteiger partial charge in [0, 0.05) is 37.2 Å². The van der Waals surface area contributed by atoms with E-state index in [0.717, 1.165) is 73.9 Å². The van der Waals surface area contributed by atoms with Crippen LogP contribution >= 0.6 is 0 Å². The van der Waals surface area contributed by atoms with E-state index < -0.39 is 12.0 Å². The number of pyridine rings is 1. The Kier molecular flexibility index (Phi) is 14.8. The molecule has 0 amide bonds. The number of alkyl halides is 2. The smallest absolute Gasteiger partial charge is 0.265 e. The molecular weight excluding hydrogens is 494 g/mol. The molecule has 0 aliphatic carbocycles. The van der Waals surface area contributed by atoms with Crippen molar-refractivity contribution in [2.45, 2.75) is 104 Å². The molecule has 2 atom stereocenters. The van der Waals surface area contributed by atoms with Crippen LogP contribution < -0.4 is 10.6 Å². The number of unbranched alkanes of at least 4 members (excludes halogenated alkanes) is 1. The van der Waals surface area contributed by atoms with Crippen LogP contribution in [0, 0.1) is 0 Å². The van der Waals surface area contributed by atoms with E-state index in [1.807, 2.05) is 25.1 Å². The summed E-state index contributed by atoms with van der Waals surface area (Å²) in [7, 11) is 0. The second kappa shape index (κ2) is 16.9. The van der Waals surface area contributed by atoms with Crippen molar-refractivity contribution in [3.63, 3.8) is 0 Å². The van der Waals surface area contributed by atoms with Crippen molar-refractivity contribution >= 4 is 5.82 Å². The molecule has 0 saturated carbocycles. The van der Waals surface area contributed by atoms with Gasteiger partial charge in [-0.1, -0.05) is 59.1 Å². The topological polar surface area (TPSA) is 60.4 Å². The molecule has 0 bridgehead atoms. The molecule has 0 aliphatic rings. The Bertz CT molecular complexity index is 1010. The molecule has 1 heterocycles. The Balaban J connectivity index is 3.16. The normalized spacial score (nSPS) is 14.0. The van der Waals surface area contributed by atoms with Crippen molar-refractivity contribution in [2.24, 2.45) is 0 Å². The average Bonchev–Trinajstić information content (AvgIpc) is 2.89. The maximum atomic E-state index is 13.8. The minimum Gasteiger partial charge on any atom is -0.396 e. The second-order valence-electron chi connectivity index (χ2n) is 10.2. The molecule has 0 aliphatic heterocycles. The Morgan fingerprint density at radius 1 is 1.13 bits per heavy atom. The van der Waals surface area contributed by atoms with Gasteiger partial charge in [-0.2, -0.15) is 0 Å². The molecule has 1 aromatic rings. The van der Waals surface area contributed by atoms with Crippen LogP contribution in [0.4, 0.5) is 14.6 Å². The Morgan fingerprint density at radius 2 is 1.82 bits per heavy atom. The highest BCUT2D eigenvalue weighted by Gasteiger charge is 2.32. The number of nitrogens with zero attached hydrogens (tertiary/aromatic N) is 2. The van der Waals surface area contributed by atoms with Gasteiger partial charge in [-0.15, -0.1) is 0 Å². The minimum absolute atomic E-state index is 0.198. The first kappa shape index (κ1) is 34.1. The summed E-state index contributed by atoms with van der Waals surface area (Å²) < 4.78 is 27.6. The number of allylic oxidation sites excluding steroid dienone is 4. The number of aryl methyl sites for hydroxylation is 1. The second-order valence-corrected chi connectivity index (χ2v) is 10.2. The molecule has 1 rings (SSSR count). The van der Waals surface area contributed by atoms with Gasteiger partial charge in [0.05, 0.1) is 6.04 Å². The number of rotatable bonds is 19. The number of hydrogen-bond donors (Lipinski definition) is 3. The molecule has 1 aromatic heterocycles. The van der Waals surface area contributed by atoms with Gasteiger partial charge in [0.1, 0.15) is 11.6 Å². The highest BCUT2D eigenvalue weighted by Crippen LogP contribution is 2.26. The fraction of sp³-hybridized carbons (Fsp3) is 0.531. The van der Waals surface area contributed by atoms with E-state index in [0.29, 0.717) is 11.3 Å². The van der Waals surface area contributed by atoms with Crippen LogP contribution in [0.3, 0.4) is 0 Å². The van der Waals surface area contributed by atoms with E-state index in [-0.39, 0.29) is 19.1 Å². The molecule has 0 aromatic carbocycles. The lowest BCUT2D eigenvalue weighted by Crippen LogP contribution is -2.42. The van der Waals surface area contributed by atoms with Gasteiger partial charge in [0.2, 0.25) is 0 Å². The molecule has 0 fully saturated rings. The molecule has 5 nitrogen and oxygen atoms in total. The molecule has 7 heteroatoms. The van der Waals surface area contributed by atoms with Crippen molar-refractivity contribution in [3.05, 3.63) is 84.1 Å². The number of anilines is 1. The maximum Gasteiger partial charge on any atom is 0.265 e. The molecular formula is C32H50F2N4O. The monoisotopic (exact) mass is 544 g/mol. The molecule has 39 heavy (non-hydrogen) atoms. The number of hydrogen-bond acceptors (Lipinski definition) is 5. The summed E-state index contributed by atoms with van der Waals surface area (Å²) in [6.45, 7) is 23.6.